The van der Waals surface area contributed by atoms with E-state index in [4.69, 9.17) is 21.1 Å². The molecular weight excluding hydrogens is 590 g/mol. The minimum Gasteiger partial charge on any atom is -0.494 e. The zero-order chi connectivity index (χ0) is 30.7. The van der Waals surface area contributed by atoms with Crippen LogP contribution in [-0.4, -0.2) is 83.5 Å². The molecule has 6 bridgehead atoms. The van der Waals surface area contributed by atoms with Crippen molar-refractivity contribution >= 4 is 56.1 Å². The minimum absolute atomic E-state index is 0.278. The number of hydrogen-bond donors (Lipinski definition) is 2. The number of likely N-dealkylation sites (N-methyl/N-ethyl adjacent to an activating group) is 1. The Morgan fingerprint density at radius 1 is 1.09 bits per heavy atom. The summed E-state index contributed by atoms with van der Waals surface area (Å²) in [6.45, 7) is 2.48. The highest BCUT2D eigenvalue weighted by atomic mass is 35.5. The van der Waals surface area contributed by atoms with Crippen LogP contribution in [0.3, 0.4) is 0 Å². The average molecular weight is 630 g/mol. The van der Waals surface area contributed by atoms with Gasteiger partial charge in [0.25, 0.3) is 0 Å². The molecule has 232 valence electrons. The Balaban J connectivity index is 1.54. The van der Waals surface area contributed by atoms with Gasteiger partial charge in [-0.05, 0) is 70.0 Å². The fourth-order valence-corrected chi connectivity index (χ4v) is 6.10. The molecule has 2 aromatic carbocycles. The smallest absolute Gasteiger partial charge is 0.232 e. The second-order valence-corrected chi connectivity index (χ2v) is 13.7. The minimum atomic E-state index is -3.55. The van der Waals surface area contributed by atoms with Crippen LogP contribution in [0.2, 0.25) is 5.02 Å². The van der Waals surface area contributed by atoms with E-state index in [1.165, 1.54) is 28.8 Å². The zero-order valence-corrected chi connectivity index (χ0v) is 26.9. The molecule has 0 amide bonds. The maximum absolute atomic E-state index is 12.5. The highest BCUT2D eigenvalue weighted by Crippen LogP contribution is 2.39. The fourth-order valence-electron chi connectivity index (χ4n) is 5.45. The predicted molar refractivity (Wildman–Crippen MR) is 174 cm³/mol. The molecule has 1 atom stereocenters. The highest BCUT2D eigenvalue weighted by Gasteiger charge is 2.27. The lowest BCUT2D eigenvalue weighted by molar-refractivity contribution is 0.305. The number of nitrogens with one attached hydrogen (secondary N) is 2. The van der Waals surface area contributed by atoms with Crippen molar-refractivity contribution in [3.63, 3.8) is 0 Å². The molecule has 43 heavy (non-hydrogen) atoms. The van der Waals surface area contributed by atoms with E-state index in [0.717, 1.165) is 57.1 Å². The third-order valence-corrected chi connectivity index (χ3v) is 9.51. The normalized spacial score (nSPS) is 17.5. The fraction of sp³-hybridized carbons (Fsp3) is 0.467. The summed E-state index contributed by atoms with van der Waals surface area (Å²) in [5.41, 5.74) is 4.09. The van der Waals surface area contributed by atoms with Crippen molar-refractivity contribution < 1.29 is 17.9 Å². The topological polar surface area (TPSA) is 112 Å². The summed E-state index contributed by atoms with van der Waals surface area (Å²) in [4.78, 5) is 13.8. The summed E-state index contributed by atoms with van der Waals surface area (Å²) in [5.74, 6) is 1.91. The van der Waals surface area contributed by atoms with Gasteiger partial charge >= 0.3 is 0 Å². The van der Waals surface area contributed by atoms with Crippen LogP contribution >= 0.6 is 11.6 Å². The largest absolute Gasteiger partial charge is 0.494 e. The molecule has 2 N–H and O–H groups in total. The van der Waals surface area contributed by atoms with Crippen LogP contribution in [0.1, 0.15) is 31.2 Å². The van der Waals surface area contributed by atoms with Crippen LogP contribution in [0.4, 0.5) is 34.5 Å². The maximum Gasteiger partial charge on any atom is 0.232 e. The number of ether oxygens (including phenoxy) is 2. The van der Waals surface area contributed by atoms with E-state index in [9.17, 15) is 8.42 Å². The van der Waals surface area contributed by atoms with Crippen molar-refractivity contribution in [2.75, 3.05) is 74.0 Å². The van der Waals surface area contributed by atoms with E-state index in [2.05, 4.69) is 56.6 Å². The molecule has 1 fully saturated rings. The summed E-state index contributed by atoms with van der Waals surface area (Å²) >= 11 is 6.51. The average Bonchev–Trinajstić information content (AvgIpc) is 3.47. The Hall–Kier alpha value is -3.48. The first kappa shape index (κ1) is 31.0. The Labute approximate surface area is 259 Å². The van der Waals surface area contributed by atoms with Crippen LogP contribution in [0, 0.1) is 0 Å². The van der Waals surface area contributed by atoms with Gasteiger partial charge < -0.3 is 29.9 Å². The number of benzene rings is 2. The van der Waals surface area contributed by atoms with E-state index in [1.807, 2.05) is 0 Å². The lowest BCUT2D eigenvalue weighted by atomic mass is 10.0. The Morgan fingerprint density at radius 2 is 1.91 bits per heavy atom. The molecule has 3 aliphatic heterocycles. The molecular formula is C30H40ClN7O4S. The number of rotatable bonds is 5. The van der Waals surface area contributed by atoms with Gasteiger partial charge in [0.2, 0.25) is 16.0 Å². The van der Waals surface area contributed by atoms with Gasteiger partial charge in [-0.2, -0.15) is 4.98 Å². The van der Waals surface area contributed by atoms with E-state index >= 15 is 0 Å². The second-order valence-electron chi connectivity index (χ2n) is 11.2. The van der Waals surface area contributed by atoms with Crippen molar-refractivity contribution in [1.29, 1.82) is 0 Å². The quantitative estimate of drug-likeness (QED) is 0.387. The number of methoxy groups -OCH3 is 1. The van der Waals surface area contributed by atoms with Crippen molar-refractivity contribution in [3.8, 4) is 11.5 Å². The van der Waals surface area contributed by atoms with E-state index in [0.29, 0.717) is 47.3 Å². The third kappa shape index (κ3) is 7.19. The summed E-state index contributed by atoms with van der Waals surface area (Å²) in [6, 6.07) is 10.0. The van der Waals surface area contributed by atoms with Gasteiger partial charge in [-0.15, -0.1) is 0 Å². The first-order valence-corrected chi connectivity index (χ1v) is 16.7. The monoisotopic (exact) mass is 629 g/mol. The van der Waals surface area contributed by atoms with Gasteiger partial charge in [0.1, 0.15) is 16.5 Å². The number of sulfonamides is 1. The van der Waals surface area contributed by atoms with Crippen molar-refractivity contribution in [2.24, 2.45) is 0 Å². The first-order chi connectivity index (χ1) is 20.5. The highest BCUT2D eigenvalue weighted by molar-refractivity contribution is 7.92. The number of hydrogen-bond acceptors (Lipinski definition) is 10. The number of aromatic nitrogens is 2. The Morgan fingerprint density at radius 3 is 2.63 bits per heavy atom. The number of aryl methyl sites for hydroxylation is 1. The van der Waals surface area contributed by atoms with Crippen LogP contribution in [0.25, 0.3) is 0 Å². The molecule has 0 spiro atoms. The molecule has 1 aromatic heterocycles. The zero-order valence-electron chi connectivity index (χ0n) is 25.4. The lowest BCUT2D eigenvalue weighted by Crippen LogP contribution is -2.31. The van der Waals surface area contributed by atoms with Gasteiger partial charge in [-0.3, -0.25) is 4.31 Å². The van der Waals surface area contributed by atoms with Gasteiger partial charge in [0.05, 0.1) is 43.2 Å². The number of fused-ring (bicyclic) bond motifs is 7. The van der Waals surface area contributed by atoms with E-state index in [1.54, 1.807) is 25.3 Å². The lowest BCUT2D eigenvalue weighted by Gasteiger charge is -2.26. The first-order valence-electron chi connectivity index (χ1n) is 14.4. The number of nitrogens with zero attached hydrogens (tertiary/aromatic N) is 5. The van der Waals surface area contributed by atoms with Crippen LogP contribution in [-0.2, 0) is 16.4 Å². The van der Waals surface area contributed by atoms with Gasteiger partial charge in [-0.25, -0.2) is 13.4 Å². The SMILES string of the molecule is COc1cc(N2CCC(N(C)C)C2)c2cc1Nc1ncc(Cl)c(n1)Nc1ccc(cc1N(C)S(C)(=O)=O)OCCCCC2. The van der Waals surface area contributed by atoms with Gasteiger partial charge in [0, 0.05) is 44.0 Å². The second kappa shape index (κ2) is 13.0. The molecule has 1 unspecified atom stereocenters. The van der Waals surface area contributed by atoms with Crippen LogP contribution in [0.15, 0.2) is 36.5 Å². The molecule has 0 aliphatic carbocycles. The van der Waals surface area contributed by atoms with Crippen LogP contribution < -0.4 is 29.3 Å². The summed E-state index contributed by atoms with van der Waals surface area (Å²) in [6.07, 6.45) is 7.50. The molecule has 6 rings (SSSR count). The van der Waals surface area contributed by atoms with E-state index < -0.39 is 10.0 Å². The van der Waals surface area contributed by atoms with Gasteiger partial charge in [0.15, 0.2) is 5.82 Å². The molecule has 11 nitrogen and oxygen atoms in total. The molecule has 0 saturated carbocycles. The number of halogens is 1. The van der Waals surface area contributed by atoms with Crippen molar-refractivity contribution in [2.45, 2.75) is 38.1 Å². The Bertz CT molecular complexity index is 1570. The van der Waals surface area contributed by atoms with Crippen molar-refractivity contribution in [1.82, 2.24) is 14.9 Å². The van der Waals surface area contributed by atoms with Gasteiger partial charge in [-0.1, -0.05) is 11.6 Å². The van der Waals surface area contributed by atoms with E-state index in [-0.39, 0.29) is 5.02 Å². The standard InChI is InChI=1S/C30H40ClN7O4S/c1-36(2)21-12-13-38(19-21)26-17-28(41-4)25-15-20(26)9-7-6-8-14-42-22-10-11-24(27(16-22)37(3)43(5,39)40)33-29-23(31)18-32-30(34-25)35-29/h10-11,15-18,21H,6-9,12-14,19H2,1-5H3,(H2,32,33,34,35). The molecule has 4 heterocycles. The third-order valence-electron chi connectivity index (χ3n) is 8.04. The number of anilines is 6. The summed E-state index contributed by atoms with van der Waals surface area (Å²) < 4.78 is 38.0. The Kier molecular flexibility index (Phi) is 9.38. The molecule has 13 heteroatoms. The summed E-state index contributed by atoms with van der Waals surface area (Å²) in [5, 5.41) is 6.81. The summed E-state index contributed by atoms with van der Waals surface area (Å²) in [7, 11) is 3.88. The van der Waals surface area contributed by atoms with Crippen molar-refractivity contribution in [3.05, 3.63) is 47.1 Å². The predicted octanol–water partition coefficient (Wildman–Crippen LogP) is 5.27. The molecule has 0 radical (unpaired) electrons. The molecule has 3 aromatic rings. The molecule has 3 aliphatic rings. The molecule has 1 saturated heterocycles. The maximum atomic E-state index is 12.5. The van der Waals surface area contributed by atoms with Crippen LogP contribution in [0.5, 0.6) is 11.5 Å².